The largest absolute Gasteiger partial charge is 0.330 e. The molecule has 0 aliphatic carbocycles. The first-order valence-electron chi connectivity index (χ1n) is 7.20. The summed E-state index contributed by atoms with van der Waals surface area (Å²) in [6.45, 7) is 11.4. The Balaban J connectivity index is 3.90. The molecule has 0 spiro atoms. The van der Waals surface area contributed by atoms with E-state index in [4.69, 9.17) is 5.73 Å². The number of hydrogen-bond donors (Lipinski definition) is 1. The molecule has 0 aliphatic heterocycles. The Labute approximate surface area is 103 Å². The Kier molecular flexibility index (Phi) is 11.3. The van der Waals surface area contributed by atoms with Crippen molar-refractivity contribution >= 4 is 0 Å². The summed E-state index contributed by atoms with van der Waals surface area (Å²) in [4.78, 5) is 2.61. The molecule has 16 heavy (non-hydrogen) atoms. The van der Waals surface area contributed by atoms with Crippen LogP contribution in [0, 0.1) is 5.92 Å². The molecule has 2 N–H and O–H groups in total. The van der Waals surface area contributed by atoms with E-state index in [0.29, 0.717) is 0 Å². The van der Waals surface area contributed by atoms with Gasteiger partial charge in [0, 0.05) is 6.54 Å². The maximum atomic E-state index is 5.59. The molecule has 0 rings (SSSR count). The van der Waals surface area contributed by atoms with Crippen LogP contribution in [0.4, 0.5) is 0 Å². The van der Waals surface area contributed by atoms with Crippen LogP contribution in [0.3, 0.4) is 0 Å². The van der Waals surface area contributed by atoms with Gasteiger partial charge in [0.25, 0.3) is 0 Å². The smallest absolute Gasteiger partial charge is 0.000956 e. The average molecular weight is 228 g/mol. The summed E-state index contributed by atoms with van der Waals surface area (Å²) in [5.74, 6) is 0.893. The fourth-order valence-corrected chi connectivity index (χ4v) is 2.21. The lowest BCUT2D eigenvalue weighted by molar-refractivity contribution is 0.217. The third kappa shape index (κ3) is 8.12. The fraction of sp³-hybridized carbons (Fsp3) is 1.00. The van der Waals surface area contributed by atoms with E-state index in [2.05, 4.69) is 25.7 Å². The van der Waals surface area contributed by atoms with Crippen LogP contribution in [0.5, 0.6) is 0 Å². The Morgan fingerprint density at radius 2 is 1.75 bits per heavy atom. The first-order valence-corrected chi connectivity index (χ1v) is 7.20. The van der Waals surface area contributed by atoms with Crippen molar-refractivity contribution in [1.82, 2.24) is 4.90 Å². The highest BCUT2D eigenvalue weighted by molar-refractivity contribution is 4.65. The summed E-state index contributed by atoms with van der Waals surface area (Å²) in [5.41, 5.74) is 5.59. The molecule has 0 saturated carbocycles. The summed E-state index contributed by atoms with van der Waals surface area (Å²) >= 11 is 0. The van der Waals surface area contributed by atoms with Gasteiger partial charge in [0.2, 0.25) is 0 Å². The standard InChI is InChI=1S/C14H32N2/c1-4-7-9-14(6-3)13-16(11-5-2)12-8-10-15/h14H,4-13,15H2,1-3H3. The van der Waals surface area contributed by atoms with Gasteiger partial charge in [-0.3, -0.25) is 0 Å². The lowest BCUT2D eigenvalue weighted by atomic mass is 9.98. The minimum Gasteiger partial charge on any atom is -0.330 e. The van der Waals surface area contributed by atoms with Crippen LogP contribution in [0.15, 0.2) is 0 Å². The van der Waals surface area contributed by atoms with E-state index in [-0.39, 0.29) is 0 Å². The minimum absolute atomic E-state index is 0.825. The van der Waals surface area contributed by atoms with E-state index in [1.807, 2.05) is 0 Å². The monoisotopic (exact) mass is 228 g/mol. The molecule has 0 bridgehead atoms. The van der Waals surface area contributed by atoms with Crippen LogP contribution >= 0.6 is 0 Å². The Bertz CT molecular complexity index is 137. The van der Waals surface area contributed by atoms with Crippen molar-refractivity contribution in [2.45, 2.75) is 59.3 Å². The van der Waals surface area contributed by atoms with E-state index in [0.717, 1.165) is 18.9 Å². The van der Waals surface area contributed by atoms with Crippen LogP contribution in [-0.4, -0.2) is 31.1 Å². The summed E-state index contributed by atoms with van der Waals surface area (Å²) in [6.07, 6.45) is 7.83. The topological polar surface area (TPSA) is 29.3 Å². The zero-order valence-corrected chi connectivity index (χ0v) is 11.7. The first-order chi connectivity index (χ1) is 7.78. The van der Waals surface area contributed by atoms with Gasteiger partial charge >= 0.3 is 0 Å². The summed E-state index contributed by atoms with van der Waals surface area (Å²) in [5, 5.41) is 0. The SMILES string of the molecule is CCCCC(CC)CN(CCC)CCCN. The number of nitrogens with two attached hydrogens (primary N) is 1. The Morgan fingerprint density at radius 3 is 2.25 bits per heavy atom. The molecular weight excluding hydrogens is 196 g/mol. The van der Waals surface area contributed by atoms with Gasteiger partial charge in [-0.1, -0.05) is 40.0 Å². The summed E-state index contributed by atoms with van der Waals surface area (Å²) < 4.78 is 0. The molecule has 0 amide bonds. The average Bonchev–Trinajstić information content (AvgIpc) is 2.31. The molecule has 0 radical (unpaired) electrons. The second-order valence-corrected chi connectivity index (χ2v) is 4.86. The van der Waals surface area contributed by atoms with Gasteiger partial charge < -0.3 is 10.6 Å². The number of nitrogens with zero attached hydrogens (tertiary/aromatic N) is 1. The van der Waals surface area contributed by atoms with Gasteiger partial charge in [-0.15, -0.1) is 0 Å². The van der Waals surface area contributed by atoms with Crippen LogP contribution in [-0.2, 0) is 0 Å². The lowest BCUT2D eigenvalue weighted by Crippen LogP contribution is -2.32. The van der Waals surface area contributed by atoms with Gasteiger partial charge in [0.1, 0.15) is 0 Å². The van der Waals surface area contributed by atoms with Gasteiger partial charge in [-0.2, -0.15) is 0 Å². The molecule has 0 aromatic rings. The van der Waals surface area contributed by atoms with Crippen LogP contribution in [0.25, 0.3) is 0 Å². The van der Waals surface area contributed by atoms with Crippen molar-refractivity contribution in [2.75, 3.05) is 26.2 Å². The molecule has 2 nitrogen and oxygen atoms in total. The Hall–Kier alpha value is -0.0800. The van der Waals surface area contributed by atoms with Crippen molar-refractivity contribution in [3.63, 3.8) is 0 Å². The third-order valence-corrected chi connectivity index (χ3v) is 3.28. The molecule has 1 atom stereocenters. The highest BCUT2D eigenvalue weighted by Gasteiger charge is 2.11. The summed E-state index contributed by atoms with van der Waals surface area (Å²) in [7, 11) is 0. The van der Waals surface area contributed by atoms with Crippen molar-refractivity contribution in [3.05, 3.63) is 0 Å². The van der Waals surface area contributed by atoms with Crippen LogP contribution in [0.2, 0.25) is 0 Å². The zero-order chi connectivity index (χ0) is 12.2. The predicted octanol–water partition coefficient (Wildman–Crippen LogP) is 3.26. The second kappa shape index (κ2) is 11.4. The molecule has 0 saturated heterocycles. The maximum Gasteiger partial charge on any atom is 0.000956 e. The zero-order valence-electron chi connectivity index (χ0n) is 11.7. The lowest BCUT2D eigenvalue weighted by Gasteiger charge is -2.26. The molecule has 0 heterocycles. The minimum atomic E-state index is 0.825. The van der Waals surface area contributed by atoms with Crippen LogP contribution in [0.1, 0.15) is 59.3 Å². The Morgan fingerprint density at radius 1 is 1.00 bits per heavy atom. The van der Waals surface area contributed by atoms with Gasteiger partial charge in [-0.25, -0.2) is 0 Å². The van der Waals surface area contributed by atoms with Crippen molar-refractivity contribution in [2.24, 2.45) is 11.7 Å². The van der Waals surface area contributed by atoms with Crippen LogP contribution < -0.4 is 5.73 Å². The number of unbranched alkanes of at least 4 members (excludes halogenated alkanes) is 1. The highest BCUT2D eigenvalue weighted by Crippen LogP contribution is 2.14. The highest BCUT2D eigenvalue weighted by atomic mass is 15.1. The molecule has 0 aromatic carbocycles. The fourth-order valence-electron chi connectivity index (χ4n) is 2.21. The molecule has 1 unspecified atom stereocenters. The van der Waals surface area contributed by atoms with Gasteiger partial charge in [0.05, 0.1) is 0 Å². The normalized spacial score (nSPS) is 13.3. The van der Waals surface area contributed by atoms with Crippen molar-refractivity contribution in [3.8, 4) is 0 Å². The predicted molar refractivity (Wildman–Crippen MR) is 73.7 cm³/mol. The van der Waals surface area contributed by atoms with E-state index < -0.39 is 0 Å². The molecule has 2 heteroatoms. The van der Waals surface area contributed by atoms with Gasteiger partial charge in [-0.05, 0) is 44.8 Å². The third-order valence-electron chi connectivity index (χ3n) is 3.28. The molecule has 0 aliphatic rings. The van der Waals surface area contributed by atoms with Crippen molar-refractivity contribution < 1.29 is 0 Å². The van der Waals surface area contributed by atoms with E-state index in [1.54, 1.807) is 0 Å². The maximum absolute atomic E-state index is 5.59. The molecule has 0 aromatic heterocycles. The van der Waals surface area contributed by atoms with E-state index in [1.165, 1.54) is 51.7 Å². The second-order valence-electron chi connectivity index (χ2n) is 4.86. The van der Waals surface area contributed by atoms with Gasteiger partial charge in [0.15, 0.2) is 0 Å². The number of hydrogen-bond acceptors (Lipinski definition) is 2. The van der Waals surface area contributed by atoms with E-state index >= 15 is 0 Å². The quantitative estimate of drug-likeness (QED) is 0.588. The van der Waals surface area contributed by atoms with E-state index in [9.17, 15) is 0 Å². The van der Waals surface area contributed by atoms with Crippen molar-refractivity contribution in [1.29, 1.82) is 0 Å². The molecule has 98 valence electrons. The summed E-state index contributed by atoms with van der Waals surface area (Å²) in [6, 6.07) is 0. The molecular formula is C14H32N2. The molecule has 0 fully saturated rings. The number of rotatable bonds is 11. The first kappa shape index (κ1) is 15.9.